The van der Waals surface area contributed by atoms with Crippen molar-refractivity contribution in [1.29, 1.82) is 0 Å². The average Bonchev–Trinajstić information content (AvgIpc) is 3.18. The summed E-state index contributed by atoms with van der Waals surface area (Å²) in [5.41, 5.74) is 11.9. The molecule has 0 amide bonds. The van der Waals surface area contributed by atoms with Crippen LogP contribution in [0.5, 0.6) is 0 Å². The molecular weight excluding hydrogens is 595 g/mol. The molecule has 2 heterocycles. The van der Waals surface area contributed by atoms with Gasteiger partial charge in [-0.1, -0.05) is 146 Å². The number of rotatable bonds is 6. The Balaban J connectivity index is 1.24. The van der Waals surface area contributed by atoms with E-state index in [1.165, 1.54) is 33.4 Å². The van der Waals surface area contributed by atoms with Gasteiger partial charge < -0.3 is 0 Å². The number of aromatic nitrogens is 2. The van der Waals surface area contributed by atoms with Gasteiger partial charge in [0.2, 0.25) is 0 Å². The van der Waals surface area contributed by atoms with Gasteiger partial charge in [-0.05, 0) is 70.3 Å². The second-order valence-corrected chi connectivity index (χ2v) is 12.2. The van der Waals surface area contributed by atoms with Gasteiger partial charge in [-0.25, -0.2) is 9.97 Å². The van der Waals surface area contributed by atoms with Crippen LogP contribution in [0.3, 0.4) is 0 Å². The Morgan fingerprint density at radius 1 is 0.327 bits per heavy atom. The van der Waals surface area contributed by atoms with Gasteiger partial charge in [0.05, 0.1) is 16.6 Å². The van der Waals surface area contributed by atoms with Crippen LogP contribution in [0.1, 0.15) is 0 Å². The van der Waals surface area contributed by atoms with Crippen molar-refractivity contribution in [3.8, 4) is 33.4 Å². The van der Waals surface area contributed by atoms with Gasteiger partial charge in [-0.3, -0.25) is 4.90 Å². The summed E-state index contributed by atoms with van der Waals surface area (Å²) in [5, 5.41) is 3.28. The fourth-order valence-electron chi connectivity index (χ4n) is 6.85. The lowest BCUT2D eigenvalue weighted by molar-refractivity contribution is 1.21. The number of nitrogens with zero attached hydrogens (tertiary/aromatic N) is 3. The normalized spacial score (nSPS) is 11.3. The third-order valence-corrected chi connectivity index (χ3v) is 9.25. The minimum absolute atomic E-state index is 0.830. The molecule has 0 unspecified atom stereocenters. The SMILES string of the molecule is c1ccc(-c2ccc(N(c3ccc(-c4ccccc4)cc3)c3ccc4ccc5c(-c6ccccc6)c6ccccc6nc5c4n3)cc2)cc1. The van der Waals surface area contributed by atoms with E-state index in [9.17, 15) is 0 Å². The van der Waals surface area contributed by atoms with Crippen molar-refractivity contribution in [2.75, 3.05) is 4.90 Å². The third-order valence-electron chi connectivity index (χ3n) is 9.25. The molecule has 0 saturated heterocycles. The molecule has 0 atom stereocenters. The molecule has 49 heavy (non-hydrogen) atoms. The lowest BCUT2D eigenvalue weighted by Crippen LogP contribution is -2.11. The lowest BCUT2D eigenvalue weighted by atomic mass is 9.95. The number of hydrogen-bond donors (Lipinski definition) is 0. The van der Waals surface area contributed by atoms with Gasteiger partial charge in [0.1, 0.15) is 5.82 Å². The van der Waals surface area contributed by atoms with Gasteiger partial charge in [-0.2, -0.15) is 0 Å². The quantitative estimate of drug-likeness (QED) is 0.136. The lowest BCUT2D eigenvalue weighted by Gasteiger charge is -2.25. The summed E-state index contributed by atoms with van der Waals surface area (Å²) < 4.78 is 0. The van der Waals surface area contributed by atoms with E-state index in [1.54, 1.807) is 0 Å². The molecule has 0 aliphatic rings. The second kappa shape index (κ2) is 12.2. The topological polar surface area (TPSA) is 29.0 Å². The van der Waals surface area contributed by atoms with Crippen LogP contribution < -0.4 is 4.90 Å². The van der Waals surface area contributed by atoms with Crippen LogP contribution in [0.15, 0.2) is 188 Å². The predicted molar refractivity (Wildman–Crippen MR) is 206 cm³/mol. The molecule has 3 heteroatoms. The Hall–Kier alpha value is -6.58. The highest BCUT2D eigenvalue weighted by molar-refractivity contribution is 6.16. The Morgan fingerprint density at radius 2 is 0.816 bits per heavy atom. The molecular formula is C46H31N3. The standard InChI is InChI=1S/C46H31N3/c1-4-12-32(13-5-1)34-20-26-38(27-21-34)49(39-28-22-35(23-29-39)33-14-6-2-7-15-33)43-31-25-37-24-30-41-44(36-16-8-3-9-17-36)40-18-10-11-19-42(40)47-46(41)45(37)48-43/h1-31H. The smallest absolute Gasteiger partial charge is 0.138 e. The summed E-state index contributed by atoms with van der Waals surface area (Å²) in [6, 6.07) is 66.1. The van der Waals surface area contributed by atoms with E-state index < -0.39 is 0 Å². The van der Waals surface area contributed by atoms with Crippen LogP contribution in [-0.2, 0) is 0 Å². The van der Waals surface area contributed by atoms with Crippen molar-refractivity contribution >= 4 is 49.9 Å². The van der Waals surface area contributed by atoms with Crippen molar-refractivity contribution in [2.45, 2.75) is 0 Å². The first-order valence-electron chi connectivity index (χ1n) is 16.6. The van der Waals surface area contributed by atoms with Crippen LogP contribution >= 0.6 is 0 Å². The van der Waals surface area contributed by atoms with Gasteiger partial charge in [-0.15, -0.1) is 0 Å². The van der Waals surface area contributed by atoms with Crippen LogP contribution in [0.4, 0.5) is 17.2 Å². The first-order valence-corrected chi connectivity index (χ1v) is 16.6. The van der Waals surface area contributed by atoms with E-state index in [-0.39, 0.29) is 0 Å². The summed E-state index contributed by atoms with van der Waals surface area (Å²) in [4.78, 5) is 12.9. The largest absolute Gasteiger partial charge is 0.295 e. The molecule has 0 bridgehead atoms. The summed E-state index contributed by atoms with van der Waals surface area (Å²) >= 11 is 0. The van der Waals surface area contributed by atoms with Crippen LogP contribution in [0.25, 0.3) is 66.1 Å². The van der Waals surface area contributed by atoms with Crippen molar-refractivity contribution < 1.29 is 0 Å². The van der Waals surface area contributed by atoms with Crippen LogP contribution in [0, 0.1) is 0 Å². The number of benzene rings is 7. The van der Waals surface area contributed by atoms with E-state index in [4.69, 9.17) is 9.97 Å². The zero-order valence-corrected chi connectivity index (χ0v) is 26.7. The molecule has 3 nitrogen and oxygen atoms in total. The zero-order chi connectivity index (χ0) is 32.6. The minimum atomic E-state index is 0.830. The monoisotopic (exact) mass is 625 g/mol. The van der Waals surface area contributed by atoms with Gasteiger partial charge in [0.25, 0.3) is 0 Å². The summed E-state index contributed by atoms with van der Waals surface area (Å²) in [7, 11) is 0. The summed E-state index contributed by atoms with van der Waals surface area (Å²) in [6.07, 6.45) is 0. The fourth-order valence-corrected chi connectivity index (χ4v) is 6.85. The highest BCUT2D eigenvalue weighted by atomic mass is 15.2. The van der Waals surface area contributed by atoms with E-state index in [2.05, 4.69) is 181 Å². The Kier molecular flexibility index (Phi) is 7.14. The Morgan fingerprint density at radius 3 is 1.41 bits per heavy atom. The number of para-hydroxylation sites is 1. The Bertz CT molecular complexity index is 2480. The van der Waals surface area contributed by atoms with Crippen molar-refractivity contribution in [1.82, 2.24) is 9.97 Å². The fraction of sp³-hybridized carbons (Fsp3) is 0. The predicted octanol–water partition coefficient (Wildman–Crippen LogP) is 12.4. The molecule has 230 valence electrons. The molecule has 0 fully saturated rings. The number of hydrogen-bond acceptors (Lipinski definition) is 3. The van der Waals surface area contributed by atoms with E-state index in [1.807, 2.05) is 12.1 Å². The maximum atomic E-state index is 5.42. The molecule has 0 spiro atoms. The molecule has 0 N–H and O–H groups in total. The number of fused-ring (bicyclic) bond motifs is 4. The summed E-state index contributed by atoms with van der Waals surface area (Å²) in [6.45, 7) is 0. The number of anilines is 3. The maximum Gasteiger partial charge on any atom is 0.138 e. The summed E-state index contributed by atoms with van der Waals surface area (Å²) in [5.74, 6) is 0.830. The first-order chi connectivity index (χ1) is 24.3. The molecule has 0 saturated carbocycles. The van der Waals surface area contributed by atoms with Gasteiger partial charge in [0, 0.05) is 33.1 Å². The first kappa shape index (κ1) is 28.6. The van der Waals surface area contributed by atoms with E-state index in [0.29, 0.717) is 0 Å². The highest BCUT2D eigenvalue weighted by Crippen LogP contribution is 2.40. The third kappa shape index (κ3) is 5.28. The van der Waals surface area contributed by atoms with Crippen molar-refractivity contribution in [3.05, 3.63) is 188 Å². The van der Waals surface area contributed by atoms with Gasteiger partial charge in [0.15, 0.2) is 0 Å². The average molecular weight is 626 g/mol. The molecule has 9 aromatic rings. The number of pyridine rings is 2. The van der Waals surface area contributed by atoms with E-state index in [0.717, 1.165) is 49.9 Å². The second-order valence-electron chi connectivity index (χ2n) is 12.2. The van der Waals surface area contributed by atoms with Crippen molar-refractivity contribution in [2.24, 2.45) is 0 Å². The maximum absolute atomic E-state index is 5.42. The zero-order valence-electron chi connectivity index (χ0n) is 26.7. The molecule has 0 aliphatic carbocycles. The van der Waals surface area contributed by atoms with Crippen molar-refractivity contribution in [3.63, 3.8) is 0 Å². The highest BCUT2D eigenvalue weighted by Gasteiger charge is 2.18. The van der Waals surface area contributed by atoms with Crippen LogP contribution in [0.2, 0.25) is 0 Å². The van der Waals surface area contributed by atoms with Gasteiger partial charge >= 0.3 is 0 Å². The molecule has 0 aliphatic heterocycles. The van der Waals surface area contributed by atoms with E-state index >= 15 is 0 Å². The van der Waals surface area contributed by atoms with Crippen LogP contribution in [-0.4, -0.2) is 9.97 Å². The molecule has 9 rings (SSSR count). The molecule has 0 radical (unpaired) electrons. The Labute approximate surface area is 285 Å². The minimum Gasteiger partial charge on any atom is -0.295 e. The molecule has 7 aromatic carbocycles. The molecule has 2 aromatic heterocycles.